The first-order chi connectivity index (χ1) is 9.17. The first-order valence-corrected chi connectivity index (χ1v) is 6.75. The van der Waals surface area contributed by atoms with Gasteiger partial charge in [0.25, 0.3) is 0 Å². The topological polar surface area (TPSA) is 55.8 Å². The lowest BCUT2D eigenvalue weighted by Crippen LogP contribution is -2.23. The molecule has 1 N–H and O–H groups in total. The number of fused-ring (bicyclic) bond motifs is 2. The van der Waals surface area contributed by atoms with Crippen molar-refractivity contribution in [1.82, 2.24) is 0 Å². The van der Waals surface area contributed by atoms with E-state index in [0.717, 1.165) is 12.3 Å². The maximum absolute atomic E-state index is 11.0. The summed E-state index contributed by atoms with van der Waals surface area (Å²) >= 11 is 0. The number of carbonyl (C=O) groups is 1. The molecule has 0 spiro atoms. The highest BCUT2D eigenvalue weighted by atomic mass is 16.5. The molecule has 2 bridgehead atoms. The zero-order valence-electron chi connectivity index (χ0n) is 11.0. The van der Waals surface area contributed by atoms with Gasteiger partial charge >= 0.3 is 5.97 Å². The molecule has 2 aliphatic carbocycles. The van der Waals surface area contributed by atoms with Crippen molar-refractivity contribution >= 4 is 5.97 Å². The third-order valence-electron chi connectivity index (χ3n) is 4.36. The van der Waals surface area contributed by atoms with Crippen LogP contribution in [0.15, 0.2) is 18.2 Å². The molecule has 1 aromatic rings. The summed E-state index contributed by atoms with van der Waals surface area (Å²) in [6.07, 6.45) is 5.11. The molecule has 2 saturated carbocycles. The average Bonchev–Trinajstić information content (AvgIpc) is 3.01. The van der Waals surface area contributed by atoms with Gasteiger partial charge in [0.05, 0.1) is 12.7 Å². The van der Waals surface area contributed by atoms with E-state index in [9.17, 15) is 4.79 Å². The molecule has 3 rings (SSSR count). The largest absolute Gasteiger partial charge is 0.493 e. The maximum atomic E-state index is 11.0. The van der Waals surface area contributed by atoms with E-state index in [-0.39, 0.29) is 11.7 Å². The minimum atomic E-state index is -0.944. The van der Waals surface area contributed by atoms with E-state index in [1.165, 1.54) is 25.3 Å². The van der Waals surface area contributed by atoms with Gasteiger partial charge in [0, 0.05) is 0 Å². The summed E-state index contributed by atoms with van der Waals surface area (Å²) in [4.78, 5) is 11.0. The predicted molar refractivity (Wildman–Crippen MR) is 69.8 cm³/mol. The Balaban J connectivity index is 1.82. The molecule has 3 atom stereocenters. The molecular weight excluding hydrogens is 244 g/mol. The summed E-state index contributed by atoms with van der Waals surface area (Å²) < 4.78 is 11.3. The number of methoxy groups -OCH3 is 1. The van der Waals surface area contributed by atoms with Crippen molar-refractivity contribution in [3.8, 4) is 11.5 Å². The summed E-state index contributed by atoms with van der Waals surface area (Å²) in [5.41, 5.74) is 0.235. The second-order valence-corrected chi connectivity index (χ2v) is 5.50. The number of hydrogen-bond acceptors (Lipinski definition) is 3. The maximum Gasteiger partial charge on any atom is 0.335 e. The molecule has 0 saturated heterocycles. The Kier molecular flexibility index (Phi) is 3.09. The molecule has 0 amide bonds. The first kappa shape index (κ1) is 12.3. The van der Waals surface area contributed by atoms with Crippen LogP contribution in [0.2, 0.25) is 0 Å². The Morgan fingerprint density at radius 3 is 2.68 bits per heavy atom. The minimum Gasteiger partial charge on any atom is -0.493 e. The molecule has 2 aliphatic rings. The first-order valence-electron chi connectivity index (χ1n) is 6.75. The summed E-state index contributed by atoms with van der Waals surface area (Å²) in [7, 11) is 1.57. The molecule has 0 aromatic heterocycles. The molecule has 102 valence electrons. The number of carboxylic acids is 1. The SMILES string of the molecule is COc1ccc(C(=O)O)cc1OC1CC2CCC1C2. The highest BCUT2D eigenvalue weighted by molar-refractivity contribution is 5.88. The normalized spacial score (nSPS) is 28.4. The van der Waals surface area contributed by atoms with Gasteiger partial charge in [-0.3, -0.25) is 0 Å². The lowest BCUT2D eigenvalue weighted by atomic mass is 9.97. The van der Waals surface area contributed by atoms with E-state index in [2.05, 4.69) is 0 Å². The summed E-state index contributed by atoms with van der Waals surface area (Å²) in [6.45, 7) is 0. The van der Waals surface area contributed by atoms with Gasteiger partial charge in [-0.05, 0) is 55.7 Å². The molecule has 19 heavy (non-hydrogen) atoms. The van der Waals surface area contributed by atoms with Crippen LogP contribution in [0.25, 0.3) is 0 Å². The highest BCUT2D eigenvalue weighted by Gasteiger charge is 2.41. The predicted octanol–water partition coefficient (Wildman–Crippen LogP) is 2.96. The van der Waals surface area contributed by atoms with Crippen LogP contribution in [0.1, 0.15) is 36.0 Å². The molecule has 4 heteroatoms. The van der Waals surface area contributed by atoms with Crippen molar-refractivity contribution < 1.29 is 19.4 Å². The van der Waals surface area contributed by atoms with Crippen molar-refractivity contribution in [1.29, 1.82) is 0 Å². The monoisotopic (exact) mass is 262 g/mol. The van der Waals surface area contributed by atoms with Gasteiger partial charge in [0.2, 0.25) is 0 Å². The number of rotatable bonds is 4. The van der Waals surface area contributed by atoms with Gasteiger partial charge in [0.1, 0.15) is 6.10 Å². The zero-order chi connectivity index (χ0) is 13.4. The standard InChI is InChI=1S/C15H18O4/c1-18-12-5-4-11(15(16)17)8-14(12)19-13-7-9-2-3-10(13)6-9/h4-5,8-10,13H,2-3,6-7H2,1H3,(H,16,17). The van der Waals surface area contributed by atoms with E-state index in [0.29, 0.717) is 17.4 Å². The molecule has 4 nitrogen and oxygen atoms in total. The van der Waals surface area contributed by atoms with E-state index in [1.54, 1.807) is 19.2 Å². The van der Waals surface area contributed by atoms with E-state index < -0.39 is 5.97 Å². The van der Waals surface area contributed by atoms with Crippen molar-refractivity contribution in [3.05, 3.63) is 23.8 Å². The van der Waals surface area contributed by atoms with Crippen LogP contribution < -0.4 is 9.47 Å². The van der Waals surface area contributed by atoms with Crippen molar-refractivity contribution in [2.75, 3.05) is 7.11 Å². The lowest BCUT2D eigenvalue weighted by Gasteiger charge is -2.24. The Hall–Kier alpha value is -1.71. The minimum absolute atomic E-state index is 0.219. The van der Waals surface area contributed by atoms with Crippen LogP contribution in [0, 0.1) is 11.8 Å². The van der Waals surface area contributed by atoms with Gasteiger partial charge in [-0.25, -0.2) is 4.79 Å². The van der Waals surface area contributed by atoms with Gasteiger partial charge in [0.15, 0.2) is 11.5 Å². The number of ether oxygens (including phenoxy) is 2. The Labute approximate surface area is 112 Å². The number of benzene rings is 1. The molecule has 2 fully saturated rings. The van der Waals surface area contributed by atoms with Crippen LogP contribution in [0.3, 0.4) is 0 Å². The Morgan fingerprint density at radius 2 is 2.11 bits per heavy atom. The lowest BCUT2D eigenvalue weighted by molar-refractivity contribution is 0.0695. The zero-order valence-corrected chi connectivity index (χ0v) is 11.0. The van der Waals surface area contributed by atoms with Crippen LogP contribution in [0.4, 0.5) is 0 Å². The Bertz CT molecular complexity index is 497. The van der Waals surface area contributed by atoms with Crippen molar-refractivity contribution in [3.63, 3.8) is 0 Å². The van der Waals surface area contributed by atoms with Gasteiger partial charge < -0.3 is 14.6 Å². The number of hydrogen-bond donors (Lipinski definition) is 1. The van der Waals surface area contributed by atoms with Crippen LogP contribution in [-0.2, 0) is 0 Å². The molecule has 0 aliphatic heterocycles. The fourth-order valence-electron chi connectivity index (χ4n) is 3.40. The molecule has 0 heterocycles. The summed E-state index contributed by atoms with van der Waals surface area (Å²) in [6, 6.07) is 4.76. The summed E-state index contributed by atoms with van der Waals surface area (Å²) in [5, 5.41) is 9.04. The number of carboxylic acid groups (broad SMARTS) is 1. The van der Waals surface area contributed by atoms with Crippen LogP contribution in [0.5, 0.6) is 11.5 Å². The number of aromatic carboxylic acids is 1. The van der Waals surface area contributed by atoms with Gasteiger partial charge in [-0.2, -0.15) is 0 Å². The molecule has 3 unspecified atom stereocenters. The van der Waals surface area contributed by atoms with Crippen LogP contribution >= 0.6 is 0 Å². The van der Waals surface area contributed by atoms with Crippen LogP contribution in [-0.4, -0.2) is 24.3 Å². The average molecular weight is 262 g/mol. The molecular formula is C15H18O4. The van der Waals surface area contributed by atoms with Crippen molar-refractivity contribution in [2.24, 2.45) is 11.8 Å². The van der Waals surface area contributed by atoms with E-state index >= 15 is 0 Å². The molecule has 0 radical (unpaired) electrons. The molecule has 1 aromatic carbocycles. The second-order valence-electron chi connectivity index (χ2n) is 5.50. The third-order valence-corrected chi connectivity index (χ3v) is 4.36. The fourth-order valence-corrected chi connectivity index (χ4v) is 3.40. The van der Waals surface area contributed by atoms with E-state index in [1.807, 2.05) is 0 Å². The van der Waals surface area contributed by atoms with Gasteiger partial charge in [-0.1, -0.05) is 0 Å². The summed E-state index contributed by atoms with van der Waals surface area (Å²) in [5.74, 6) is 1.64. The smallest absolute Gasteiger partial charge is 0.335 e. The third kappa shape index (κ3) is 2.27. The highest BCUT2D eigenvalue weighted by Crippen LogP contribution is 2.46. The Morgan fingerprint density at radius 1 is 1.26 bits per heavy atom. The quantitative estimate of drug-likeness (QED) is 0.906. The fraction of sp³-hybridized carbons (Fsp3) is 0.533. The van der Waals surface area contributed by atoms with Gasteiger partial charge in [-0.15, -0.1) is 0 Å². The second kappa shape index (κ2) is 4.76. The van der Waals surface area contributed by atoms with E-state index in [4.69, 9.17) is 14.6 Å². The van der Waals surface area contributed by atoms with Crippen molar-refractivity contribution in [2.45, 2.75) is 31.8 Å².